The second-order valence-electron chi connectivity index (χ2n) is 5.75. The maximum absolute atomic E-state index is 12.1. The number of rotatable bonds is 7. The van der Waals surface area contributed by atoms with E-state index in [-0.39, 0.29) is 5.91 Å². The van der Waals surface area contributed by atoms with Gasteiger partial charge in [-0.15, -0.1) is 0 Å². The van der Waals surface area contributed by atoms with E-state index < -0.39 is 0 Å². The molecule has 1 aliphatic rings. The lowest BCUT2D eigenvalue weighted by atomic mass is 10.1. The van der Waals surface area contributed by atoms with Crippen LogP contribution in [0.1, 0.15) is 34.3 Å². The summed E-state index contributed by atoms with van der Waals surface area (Å²) in [6.45, 7) is 0.936. The van der Waals surface area contributed by atoms with Crippen LogP contribution in [0.2, 0.25) is 0 Å². The van der Waals surface area contributed by atoms with Gasteiger partial charge in [-0.05, 0) is 36.6 Å². The lowest BCUT2D eigenvalue weighted by molar-refractivity contribution is 0.0948. The van der Waals surface area contributed by atoms with Crippen molar-refractivity contribution in [2.45, 2.75) is 32.1 Å². The third kappa shape index (κ3) is 4.33. The van der Waals surface area contributed by atoms with E-state index in [1.807, 2.05) is 42.5 Å². The first-order chi connectivity index (χ1) is 11.3. The Balaban J connectivity index is 1.64. The monoisotopic (exact) mass is 311 g/mol. The molecule has 4 nitrogen and oxygen atoms in total. The molecule has 0 unspecified atom stereocenters. The number of methoxy groups -OCH3 is 1. The summed E-state index contributed by atoms with van der Waals surface area (Å²) in [7, 11) is 1.62. The van der Waals surface area contributed by atoms with Crippen molar-refractivity contribution in [3.8, 4) is 5.75 Å². The van der Waals surface area contributed by atoms with E-state index in [0.29, 0.717) is 24.8 Å². The van der Waals surface area contributed by atoms with Crippen molar-refractivity contribution in [1.29, 1.82) is 0 Å². The van der Waals surface area contributed by atoms with Crippen LogP contribution in [0.25, 0.3) is 0 Å². The van der Waals surface area contributed by atoms with Crippen LogP contribution >= 0.6 is 0 Å². The van der Waals surface area contributed by atoms with Crippen LogP contribution in [0, 0.1) is 0 Å². The molecule has 3 rings (SSSR count). The average Bonchev–Trinajstić information content (AvgIpc) is 3.39. The molecule has 1 fully saturated rings. The zero-order chi connectivity index (χ0) is 16.1. The van der Waals surface area contributed by atoms with E-state index in [4.69, 9.17) is 9.47 Å². The van der Waals surface area contributed by atoms with Crippen molar-refractivity contribution >= 4 is 5.91 Å². The van der Waals surface area contributed by atoms with Gasteiger partial charge >= 0.3 is 0 Å². The number of hydrogen-bond donors (Lipinski definition) is 1. The predicted octanol–water partition coefficient (Wildman–Crippen LogP) is 3.30. The number of nitrogens with one attached hydrogen (secondary N) is 1. The zero-order valence-electron chi connectivity index (χ0n) is 13.2. The summed E-state index contributed by atoms with van der Waals surface area (Å²) in [5.41, 5.74) is 2.65. The van der Waals surface area contributed by atoms with Crippen molar-refractivity contribution in [1.82, 2.24) is 5.32 Å². The summed E-state index contributed by atoms with van der Waals surface area (Å²) in [5, 5.41) is 3.00. The van der Waals surface area contributed by atoms with Gasteiger partial charge in [0.1, 0.15) is 5.75 Å². The average molecular weight is 311 g/mol. The maximum Gasteiger partial charge on any atom is 0.251 e. The summed E-state index contributed by atoms with van der Waals surface area (Å²) in [6.07, 6.45) is 2.16. The van der Waals surface area contributed by atoms with Gasteiger partial charge in [-0.1, -0.05) is 30.3 Å². The van der Waals surface area contributed by atoms with Gasteiger partial charge < -0.3 is 14.8 Å². The van der Waals surface area contributed by atoms with E-state index in [0.717, 1.165) is 29.7 Å². The van der Waals surface area contributed by atoms with Crippen LogP contribution in [-0.4, -0.2) is 19.1 Å². The quantitative estimate of drug-likeness (QED) is 0.853. The third-order valence-corrected chi connectivity index (χ3v) is 3.82. The van der Waals surface area contributed by atoms with Gasteiger partial charge in [-0.25, -0.2) is 0 Å². The highest BCUT2D eigenvalue weighted by Crippen LogP contribution is 2.23. The Morgan fingerprint density at radius 1 is 1.13 bits per heavy atom. The van der Waals surface area contributed by atoms with Crippen LogP contribution in [0.3, 0.4) is 0 Å². The minimum atomic E-state index is -0.0283. The second-order valence-corrected chi connectivity index (χ2v) is 5.75. The molecule has 0 aromatic heterocycles. The number of ether oxygens (including phenoxy) is 2. The molecule has 0 bridgehead atoms. The maximum atomic E-state index is 12.1. The molecule has 120 valence electrons. The Labute approximate surface area is 136 Å². The summed E-state index contributed by atoms with van der Waals surface area (Å²) in [5.74, 6) is 0.709. The van der Waals surface area contributed by atoms with E-state index >= 15 is 0 Å². The Morgan fingerprint density at radius 3 is 2.61 bits per heavy atom. The standard InChI is InChI=1S/C19H21NO3/c1-22-18-10-7-15(19(21)20-17-8-9-17)11-16(18)13-23-12-14-5-3-2-4-6-14/h2-7,10-11,17H,8-9,12-13H2,1H3,(H,20,21). The molecule has 0 atom stereocenters. The van der Waals surface area contributed by atoms with Crippen molar-refractivity contribution in [2.24, 2.45) is 0 Å². The molecule has 23 heavy (non-hydrogen) atoms. The first-order valence-electron chi connectivity index (χ1n) is 7.85. The summed E-state index contributed by atoms with van der Waals surface area (Å²) in [6, 6.07) is 15.8. The van der Waals surface area contributed by atoms with E-state index in [2.05, 4.69) is 5.32 Å². The van der Waals surface area contributed by atoms with Gasteiger partial charge in [0, 0.05) is 17.2 Å². The summed E-state index contributed by atoms with van der Waals surface area (Å²) >= 11 is 0. The van der Waals surface area contributed by atoms with Crippen molar-refractivity contribution in [2.75, 3.05) is 7.11 Å². The molecule has 2 aromatic rings. The van der Waals surface area contributed by atoms with Crippen molar-refractivity contribution < 1.29 is 14.3 Å². The minimum Gasteiger partial charge on any atom is -0.496 e. The lowest BCUT2D eigenvalue weighted by Gasteiger charge is -2.11. The van der Waals surface area contributed by atoms with Gasteiger partial charge in [-0.3, -0.25) is 4.79 Å². The van der Waals surface area contributed by atoms with Crippen molar-refractivity contribution in [3.63, 3.8) is 0 Å². The van der Waals surface area contributed by atoms with E-state index in [1.165, 1.54) is 0 Å². The number of hydrogen-bond acceptors (Lipinski definition) is 3. The van der Waals surface area contributed by atoms with Crippen LogP contribution in [0.15, 0.2) is 48.5 Å². The Kier molecular flexibility index (Phi) is 4.93. The highest BCUT2D eigenvalue weighted by molar-refractivity contribution is 5.95. The normalized spacial score (nSPS) is 13.6. The first-order valence-corrected chi connectivity index (χ1v) is 7.85. The first kappa shape index (κ1) is 15.6. The molecule has 0 aliphatic heterocycles. The Hall–Kier alpha value is -2.33. The molecule has 0 spiro atoms. The van der Waals surface area contributed by atoms with E-state index in [1.54, 1.807) is 13.2 Å². The fourth-order valence-corrected chi connectivity index (χ4v) is 2.38. The Morgan fingerprint density at radius 2 is 1.91 bits per heavy atom. The summed E-state index contributed by atoms with van der Waals surface area (Å²) in [4.78, 5) is 12.1. The smallest absolute Gasteiger partial charge is 0.251 e. The minimum absolute atomic E-state index is 0.0283. The van der Waals surface area contributed by atoms with Crippen LogP contribution in [0.5, 0.6) is 5.75 Å². The fourth-order valence-electron chi connectivity index (χ4n) is 2.38. The highest BCUT2D eigenvalue weighted by Gasteiger charge is 2.24. The van der Waals surface area contributed by atoms with Crippen molar-refractivity contribution in [3.05, 3.63) is 65.2 Å². The van der Waals surface area contributed by atoms with E-state index in [9.17, 15) is 4.79 Å². The zero-order valence-corrected chi connectivity index (χ0v) is 13.2. The third-order valence-electron chi connectivity index (χ3n) is 3.82. The van der Waals surface area contributed by atoms with Crippen LogP contribution in [0.4, 0.5) is 0 Å². The molecular formula is C19H21NO3. The van der Waals surface area contributed by atoms with Crippen LogP contribution < -0.4 is 10.1 Å². The fraction of sp³-hybridized carbons (Fsp3) is 0.316. The molecule has 0 heterocycles. The molecule has 0 saturated heterocycles. The van der Waals surface area contributed by atoms with Gasteiger partial charge in [0.15, 0.2) is 0 Å². The second kappa shape index (κ2) is 7.29. The predicted molar refractivity (Wildman–Crippen MR) is 88.4 cm³/mol. The summed E-state index contributed by atoms with van der Waals surface area (Å²) < 4.78 is 11.1. The van der Waals surface area contributed by atoms with Crippen LogP contribution in [-0.2, 0) is 18.0 Å². The van der Waals surface area contributed by atoms with Gasteiger partial charge in [0.25, 0.3) is 5.91 Å². The molecule has 2 aromatic carbocycles. The molecule has 0 radical (unpaired) electrons. The number of benzene rings is 2. The SMILES string of the molecule is COc1ccc(C(=O)NC2CC2)cc1COCc1ccccc1. The molecular weight excluding hydrogens is 290 g/mol. The van der Waals surface area contributed by atoms with Gasteiger partial charge in [0.05, 0.1) is 20.3 Å². The lowest BCUT2D eigenvalue weighted by Crippen LogP contribution is -2.25. The number of amides is 1. The number of carbonyl (C=O) groups excluding carboxylic acids is 1. The Bertz CT molecular complexity index is 666. The highest BCUT2D eigenvalue weighted by atomic mass is 16.5. The number of carbonyl (C=O) groups is 1. The molecule has 1 amide bonds. The molecule has 1 N–H and O–H groups in total. The molecule has 1 aliphatic carbocycles. The largest absolute Gasteiger partial charge is 0.496 e. The van der Waals surface area contributed by atoms with Gasteiger partial charge in [0.2, 0.25) is 0 Å². The topological polar surface area (TPSA) is 47.6 Å². The molecule has 4 heteroatoms. The van der Waals surface area contributed by atoms with Gasteiger partial charge in [-0.2, -0.15) is 0 Å². The molecule has 1 saturated carbocycles.